The van der Waals surface area contributed by atoms with Gasteiger partial charge in [0.1, 0.15) is 0 Å². The number of carboxylic acids is 1. The highest BCUT2D eigenvalue weighted by molar-refractivity contribution is 5.89. The second-order valence-electron chi connectivity index (χ2n) is 3.82. The fourth-order valence-corrected chi connectivity index (χ4v) is 1.18. The number of aliphatic carboxylic acids is 1. The van der Waals surface area contributed by atoms with E-state index < -0.39 is 17.6 Å². The van der Waals surface area contributed by atoms with Gasteiger partial charge < -0.3 is 20.9 Å². The third kappa shape index (κ3) is 3.49. The molecule has 1 fully saturated rings. The van der Waals surface area contributed by atoms with Crippen LogP contribution >= 0.6 is 0 Å². The van der Waals surface area contributed by atoms with Crippen molar-refractivity contribution < 1.29 is 19.4 Å². The van der Waals surface area contributed by atoms with Crippen LogP contribution in [0.1, 0.15) is 19.3 Å². The van der Waals surface area contributed by atoms with E-state index >= 15 is 0 Å². The molecule has 6 heteroatoms. The van der Waals surface area contributed by atoms with Crippen LogP contribution in [0, 0.1) is 0 Å². The van der Waals surface area contributed by atoms with Gasteiger partial charge in [0.25, 0.3) is 0 Å². The first kappa shape index (κ1) is 11.9. The van der Waals surface area contributed by atoms with Gasteiger partial charge >= 0.3 is 5.97 Å². The number of nitrogens with two attached hydrogens (primary N) is 1. The van der Waals surface area contributed by atoms with Gasteiger partial charge in [-0.15, -0.1) is 0 Å². The zero-order chi connectivity index (χ0) is 11.5. The SMILES string of the molecule is COC(CNC(=O)C1(N)CC1)CC(=O)O. The summed E-state index contributed by atoms with van der Waals surface area (Å²) in [5, 5.41) is 11.1. The Bertz CT molecular complexity index is 263. The summed E-state index contributed by atoms with van der Waals surface area (Å²) in [6, 6.07) is 0. The molecule has 1 amide bonds. The van der Waals surface area contributed by atoms with Crippen molar-refractivity contribution in [3.63, 3.8) is 0 Å². The molecule has 0 aromatic carbocycles. The Morgan fingerprint density at radius 3 is 2.60 bits per heavy atom. The molecular formula is C9H16N2O4. The van der Waals surface area contributed by atoms with E-state index in [0.717, 1.165) is 0 Å². The summed E-state index contributed by atoms with van der Waals surface area (Å²) in [5.41, 5.74) is 4.93. The average Bonchev–Trinajstić information content (AvgIpc) is 2.91. The van der Waals surface area contributed by atoms with E-state index in [1.54, 1.807) is 0 Å². The molecule has 1 aliphatic carbocycles. The van der Waals surface area contributed by atoms with Crippen molar-refractivity contribution in [2.24, 2.45) is 5.73 Å². The number of methoxy groups -OCH3 is 1. The first-order valence-electron chi connectivity index (χ1n) is 4.80. The molecule has 0 heterocycles. The van der Waals surface area contributed by atoms with E-state index in [4.69, 9.17) is 15.6 Å². The maximum absolute atomic E-state index is 11.4. The minimum Gasteiger partial charge on any atom is -0.481 e. The lowest BCUT2D eigenvalue weighted by Gasteiger charge is -2.15. The number of carboxylic acid groups (broad SMARTS) is 1. The van der Waals surface area contributed by atoms with Gasteiger partial charge in [0, 0.05) is 13.7 Å². The molecule has 0 aliphatic heterocycles. The second kappa shape index (κ2) is 4.59. The van der Waals surface area contributed by atoms with E-state index in [9.17, 15) is 9.59 Å². The molecule has 0 bridgehead atoms. The Kier molecular flexibility index (Phi) is 3.65. The molecule has 0 radical (unpaired) electrons. The van der Waals surface area contributed by atoms with Gasteiger partial charge in [-0.25, -0.2) is 0 Å². The summed E-state index contributed by atoms with van der Waals surface area (Å²) in [6.07, 6.45) is 0.743. The molecule has 1 rings (SSSR count). The first-order valence-corrected chi connectivity index (χ1v) is 4.80. The number of carbonyl (C=O) groups excluding carboxylic acids is 1. The Labute approximate surface area is 87.8 Å². The fourth-order valence-electron chi connectivity index (χ4n) is 1.18. The molecular weight excluding hydrogens is 200 g/mol. The number of ether oxygens (including phenoxy) is 1. The largest absolute Gasteiger partial charge is 0.481 e. The number of hydrogen-bond acceptors (Lipinski definition) is 4. The van der Waals surface area contributed by atoms with Gasteiger partial charge in [0.15, 0.2) is 0 Å². The first-order chi connectivity index (χ1) is 6.98. The molecule has 6 nitrogen and oxygen atoms in total. The van der Waals surface area contributed by atoms with Crippen molar-refractivity contribution in [3.8, 4) is 0 Å². The molecule has 1 aliphatic rings. The number of hydrogen-bond donors (Lipinski definition) is 3. The van der Waals surface area contributed by atoms with Crippen LogP contribution in [0.3, 0.4) is 0 Å². The van der Waals surface area contributed by atoms with Crippen LogP contribution in [0.15, 0.2) is 0 Å². The minimum absolute atomic E-state index is 0.131. The van der Waals surface area contributed by atoms with Gasteiger partial charge in [0.2, 0.25) is 5.91 Å². The standard InChI is InChI=1S/C9H16N2O4/c1-15-6(4-7(12)13)5-11-8(14)9(10)2-3-9/h6H,2-5,10H2,1H3,(H,11,14)(H,12,13). The number of rotatable bonds is 6. The normalized spacial score (nSPS) is 19.3. The Morgan fingerprint density at radius 2 is 2.20 bits per heavy atom. The van der Waals surface area contributed by atoms with Gasteiger partial charge in [-0.1, -0.05) is 0 Å². The van der Waals surface area contributed by atoms with Crippen molar-refractivity contribution in [3.05, 3.63) is 0 Å². The van der Waals surface area contributed by atoms with Crippen molar-refractivity contribution >= 4 is 11.9 Å². The molecule has 0 aromatic rings. The highest BCUT2D eigenvalue weighted by Gasteiger charge is 2.45. The molecule has 4 N–H and O–H groups in total. The van der Waals surface area contributed by atoms with Gasteiger partial charge in [0.05, 0.1) is 18.1 Å². The molecule has 15 heavy (non-hydrogen) atoms. The lowest BCUT2D eigenvalue weighted by molar-refractivity contribution is -0.140. The molecule has 0 saturated heterocycles. The number of carbonyl (C=O) groups is 2. The molecule has 0 aromatic heterocycles. The minimum atomic E-state index is -0.954. The molecule has 1 atom stereocenters. The summed E-state index contributed by atoms with van der Waals surface area (Å²) in [4.78, 5) is 21.8. The van der Waals surface area contributed by atoms with E-state index in [1.165, 1.54) is 7.11 Å². The summed E-state index contributed by atoms with van der Waals surface area (Å²) < 4.78 is 4.91. The van der Waals surface area contributed by atoms with Gasteiger partial charge in [-0.05, 0) is 12.8 Å². The van der Waals surface area contributed by atoms with Crippen LogP contribution in [0.25, 0.3) is 0 Å². The molecule has 1 unspecified atom stereocenters. The van der Waals surface area contributed by atoms with Crippen molar-refractivity contribution in [1.29, 1.82) is 0 Å². The van der Waals surface area contributed by atoms with Crippen LogP contribution in [-0.2, 0) is 14.3 Å². The zero-order valence-electron chi connectivity index (χ0n) is 8.66. The predicted molar refractivity (Wildman–Crippen MR) is 52.2 cm³/mol. The average molecular weight is 216 g/mol. The summed E-state index contributed by atoms with van der Waals surface area (Å²) >= 11 is 0. The van der Waals surface area contributed by atoms with Crippen molar-refractivity contribution in [2.75, 3.05) is 13.7 Å². The highest BCUT2D eigenvalue weighted by Crippen LogP contribution is 2.31. The van der Waals surface area contributed by atoms with E-state index in [0.29, 0.717) is 12.8 Å². The maximum Gasteiger partial charge on any atom is 0.306 e. The summed E-state index contributed by atoms with van der Waals surface area (Å²) in [5.74, 6) is -1.18. The Hall–Kier alpha value is -1.14. The molecule has 1 saturated carbocycles. The van der Waals surface area contributed by atoms with Crippen LogP contribution < -0.4 is 11.1 Å². The summed E-state index contributed by atoms with van der Waals surface area (Å²) in [6.45, 7) is 0.181. The van der Waals surface area contributed by atoms with Gasteiger partial charge in [-0.2, -0.15) is 0 Å². The second-order valence-corrected chi connectivity index (χ2v) is 3.82. The fraction of sp³-hybridized carbons (Fsp3) is 0.778. The predicted octanol–water partition coefficient (Wildman–Crippen LogP) is -0.916. The molecule has 0 spiro atoms. The van der Waals surface area contributed by atoms with Crippen LogP contribution in [0.2, 0.25) is 0 Å². The van der Waals surface area contributed by atoms with E-state index in [1.807, 2.05) is 0 Å². The maximum atomic E-state index is 11.4. The lowest BCUT2D eigenvalue weighted by Crippen LogP contribution is -2.45. The third-order valence-corrected chi connectivity index (χ3v) is 2.47. The van der Waals surface area contributed by atoms with Gasteiger partial charge in [-0.3, -0.25) is 9.59 Å². The quantitative estimate of drug-likeness (QED) is 0.533. The van der Waals surface area contributed by atoms with E-state index in [2.05, 4.69) is 5.32 Å². The zero-order valence-corrected chi connectivity index (χ0v) is 8.66. The smallest absolute Gasteiger partial charge is 0.306 e. The lowest BCUT2D eigenvalue weighted by atomic mass is 10.2. The highest BCUT2D eigenvalue weighted by atomic mass is 16.5. The molecule has 86 valence electrons. The topological polar surface area (TPSA) is 102 Å². The van der Waals surface area contributed by atoms with Crippen molar-refractivity contribution in [1.82, 2.24) is 5.32 Å². The Balaban J connectivity index is 2.27. The van der Waals surface area contributed by atoms with Crippen LogP contribution in [0.4, 0.5) is 0 Å². The summed E-state index contributed by atoms with van der Waals surface area (Å²) in [7, 11) is 1.41. The van der Waals surface area contributed by atoms with Crippen LogP contribution in [-0.4, -0.2) is 42.3 Å². The Morgan fingerprint density at radius 1 is 1.60 bits per heavy atom. The number of amides is 1. The third-order valence-electron chi connectivity index (χ3n) is 2.47. The van der Waals surface area contributed by atoms with Crippen molar-refractivity contribution in [2.45, 2.75) is 30.9 Å². The van der Waals surface area contributed by atoms with Crippen LogP contribution in [0.5, 0.6) is 0 Å². The number of nitrogens with one attached hydrogen (secondary N) is 1. The van der Waals surface area contributed by atoms with E-state index in [-0.39, 0.29) is 18.9 Å². The monoisotopic (exact) mass is 216 g/mol.